The number of carbonyl (C=O) groups excluding carboxylic acids is 4. The summed E-state index contributed by atoms with van der Waals surface area (Å²) in [5, 5.41) is 5.06. The van der Waals surface area contributed by atoms with Gasteiger partial charge in [0.15, 0.2) is 0 Å². The van der Waals surface area contributed by atoms with Crippen molar-refractivity contribution >= 4 is 23.8 Å². The van der Waals surface area contributed by atoms with Gasteiger partial charge in [0.05, 0.1) is 0 Å². The Labute approximate surface area is 209 Å². The van der Waals surface area contributed by atoms with Crippen LogP contribution >= 0.6 is 0 Å². The third-order valence-corrected chi connectivity index (χ3v) is 5.24. The van der Waals surface area contributed by atoms with Gasteiger partial charge in [0, 0.05) is 11.1 Å². The predicted octanol–water partition coefficient (Wildman–Crippen LogP) is 3.25. The Morgan fingerprint density at radius 3 is 1.22 bits per heavy atom. The monoisotopic (exact) mass is 488 g/mol. The maximum atomic E-state index is 12.1. The number of carbonyl (C=O) groups is 4. The SMILES string of the molecule is Cc1ccc(C(=O)NCC(=O)OCc2ccc(COC(=O)CNC(=O)c3ccc(C)cc3)cc2)cc1. The second-order valence-corrected chi connectivity index (χ2v) is 8.24. The lowest BCUT2D eigenvalue weighted by molar-refractivity contribution is -0.144. The Kier molecular flexibility index (Phi) is 9.33. The Morgan fingerprint density at radius 1 is 0.556 bits per heavy atom. The van der Waals surface area contributed by atoms with Gasteiger partial charge >= 0.3 is 11.9 Å². The van der Waals surface area contributed by atoms with Crippen molar-refractivity contribution in [3.63, 3.8) is 0 Å². The molecule has 3 aromatic rings. The molecule has 0 spiro atoms. The first-order valence-electron chi connectivity index (χ1n) is 11.4. The fourth-order valence-corrected chi connectivity index (χ4v) is 3.08. The topological polar surface area (TPSA) is 111 Å². The lowest BCUT2D eigenvalue weighted by atomic mass is 10.1. The molecule has 0 saturated carbocycles. The Bertz CT molecular complexity index is 1110. The summed E-state index contributed by atoms with van der Waals surface area (Å²) in [4.78, 5) is 48.0. The molecule has 2 amide bonds. The molecule has 8 heteroatoms. The molecule has 0 unspecified atom stereocenters. The van der Waals surface area contributed by atoms with E-state index >= 15 is 0 Å². The summed E-state index contributed by atoms with van der Waals surface area (Å²) in [6.45, 7) is 3.47. The van der Waals surface area contributed by atoms with Crippen LogP contribution in [0.3, 0.4) is 0 Å². The minimum Gasteiger partial charge on any atom is -0.460 e. The van der Waals surface area contributed by atoms with Gasteiger partial charge in [-0.1, -0.05) is 59.7 Å². The molecule has 3 rings (SSSR count). The molecule has 0 bridgehead atoms. The van der Waals surface area contributed by atoms with Crippen LogP contribution < -0.4 is 10.6 Å². The van der Waals surface area contributed by atoms with E-state index in [9.17, 15) is 19.2 Å². The van der Waals surface area contributed by atoms with Crippen LogP contribution in [0, 0.1) is 13.8 Å². The molecule has 0 fully saturated rings. The van der Waals surface area contributed by atoms with Crippen LogP contribution in [0.15, 0.2) is 72.8 Å². The third kappa shape index (κ3) is 8.39. The van der Waals surface area contributed by atoms with E-state index in [4.69, 9.17) is 9.47 Å². The summed E-state index contributed by atoms with van der Waals surface area (Å²) in [5.74, 6) is -1.80. The van der Waals surface area contributed by atoms with Crippen LogP contribution in [0.2, 0.25) is 0 Å². The Balaban J connectivity index is 1.34. The quantitative estimate of drug-likeness (QED) is 0.424. The lowest BCUT2D eigenvalue weighted by Gasteiger charge is -2.09. The molecule has 186 valence electrons. The lowest BCUT2D eigenvalue weighted by Crippen LogP contribution is -2.30. The van der Waals surface area contributed by atoms with Crippen LogP contribution in [-0.4, -0.2) is 36.8 Å². The summed E-state index contributed by atoms with van der Waals surface area (Å²) in [7, 11) is 0. The number of ether oxygens (including phenoxy) is 2. The molecule has 0 atom stereocenters. The number of hydrogen-bond acceptors (Lipinski definition) is 6. The third-order valence-electron chi connectivity index (χ3n) is 5.24. The average molecular weight is 489 g/mol. The zero-order valence-corrected chi connectivity index (χ0v) is 20.2. The van der Waals surface area contributed by atoms with Crippen LogP contribution in [-0.2, 0) is 32.3 Å². The number of hydrogen-bond donors (Lipinski definition) is 2. The molecule has 2 N–H and O–H groups in total. The van der Waals surface area contributed by atoms with E-state index in [1.807, 2.05) is 38.1 Å². The van der Waals surface area contributed by atoms with Gasteiger partial charge in [0.1, 0.15) is 26.3 Å². The Hall–Kier alpha value is -4.46. The van der Waals surface area contributed by atoms with Crippen molar-refractivity contribution in [2.75, 3.05) is 13.1 Å². The highest BCUT2D eigenvalue weighted by Gasteiger charge is 2.10. The van der Waals surface area contributed by atoms with Crippen molar-refractivity contribution in [1.82, 2.24) is 10.6 Å². The van der Waals surface area contributed by atoms with Gasteiger partial charge in [-0.05, 0) is 49.2 Å². The zero-order chi connectivity index (χ0) is 25.9. The highest BCUT2D eigenvalue weighted by Crippen LogP contribution is 2.08. The van der Waals surface area contributed by atoms with Gasteiger partial charge in [-0.2, -0.15) is 0 Å². The van der Waals surface area contributed by atoms with Crippen molar-refractivity contribution in [3.05, 3.63) is 106 Å². The first kappa shape index (κ1) is 26.2. The predicted molar refractivity (Wildman–Crippen MR) is 133 cm³/mol. The fraction of sp³-hybridized carbons (Fsp3) is 0.214. The molecule has 8 nitrogen and oxygen atoms in total. The Morgan fingerprint density at radius 2 is 0.889 bits per heavy atom. The standard InChI is InChI=1S/C28H28N2O6/c1-19-3-11-23(12-4-19)27(33)29-15-25(31)35-17-21-7-9-22(10-8-21)18-36-26(32)16-30-28(34)24-13-5-20(2)6-14-24/h3-14H,15-18H2,1-2H3,(H,29,33)(H,30,34). The summed E-state index contributed by atoms with van der Waals surface area (Å²) >= 11 is 0. The molecular weight excluding hydrogens is 460 g/mol. The van der Waals surface area contributed by atoms with Gasteiger partial charge < -0.3 is 20.1 Å². The summed E-state index contributed by atoms with van der Waals surface area (Å²) < 4.78 is 10.4. The molecule has 36 heavy (non-hydrogen) atoms. The molecular formula is C28H28N2O6. The van der Waals surface area contributed by atoms with E-state index in [1.165, 1.54) is 0 Å². The van der Waals surface area contributed by atoms with Gasteiger partial charge in [-0.15, -0.1) is 0 Å². The second kappa shape index (κ2) is 12.9. The summed E-state index contributed by atoms with van der Waals surface area (Å²) in [6.07, 6.45) is 0. The van der Waals surface area contributed by atoms with Gasteiger partial charge in [-0.3, -0.25) is 19.2 Å². The number of aryl methyl sites for hydroxylation is 2. The van der Waals surface area contributed by atoms with Crippen molar-refractivity contribution in [2.45, 2.75) is 27.1 Å². The molecule has 0 aliphatic carbocycles. The molecule has 0 aliphatic heterocycles. The molecule has 0 radical (unpaired) electrons. The minimum absolute atomic E-state index is 0.0460. The van der Waals surface area contributed by atoms with E-state index < -0.39 is 11.9 Å². The van der Waals surface area contributed by atoms with E-state index in [2.05, 4.69) is 10.6 Å². The first-order valence-corrected chi connectivity index (χ1v) is 11.4. The second-order valence-electron chi connectivity index (χ2n) is 8.24. The number of esters is 2. The van der Waals surface area contributed by atoms with Gasteiger partial charge in [-0.25, -0.2) is 0 Å². The van der Waals surface area contributed by atoms with Crippen LogP contribution in [0.25, 0.3) is 0 Å². The number of amides is 2. The van der Waals surface area contributed by atoms with E-state index in [0.29, 0.717) is 11.1 Å². The van der Waals surface area contributed by atoms with Gasteiger partial charge in [0.2, 0.25) is 0 Å². The minimum atomic E-state index is -0.554. The molecule has 0 aromatic heterocycles. The number of benzene rings is 3. The number of rotatable bonds is 10. The fourth-order valence-electron chi connectivity index (χ4n) is 3.08. The average Bonchev–Trinajstić information content (AvgIpc) is 2.89. The highest BCUT2D eigenvalue weighted by molar-refractivity contribution is 5.96. The first-order chi connectivity index (χ1) is 17.3. The van der Waals surface area contributed by atoms with Crippen molar-refractivity contribution in [1.29, 1.82) is 0 Å². The van der Waals surface area contributed by atoms with Crippen LogP contribution in [0.4, 0.5) is 0 Å². The molecule has 0 saturated heterocycles. The molecule has 3 aromatic carbocycles. The smallest absolute Gasteiger partial charge is 0.325 e. The largest absolute Gasteiger partial charge is 0.460 e. The normalized spacial score (nSPS) is 10.3. The van der Waals surface area contributed by atoms with Crippen LogP contribution in [0.5, 0.6) is 0 Å². The van der Waals surface area contributed by atoms with Crippen molar-refractivity contribution < 1.29 is 28.7 Å². The van der Waals surface area contributed by atoms with Gasteiger partial charge in [0.25, 0.3) is 11.8 Å². The maximum Gasteiger partial charge on any atom is 0.325 e. The molecule has 0 heterocycles. The maximum absolute atomic E-state index is 12.1. The zero-order valence-electron chi connectivity index (χ0n) is 20.2. The van der Waals surface area contributed by atoms with Crippen molar-refractivity contribution in [3.8, 4) is 0 Å². The highest BCUT2D eigenvalue weighted by atomic mass is 16.5. The van der Waals surface area contributed by atoms with Crippen molar-refractivity contribution in [2.24, 2.45) is 0 Å². The number of nitrogens with one attached hydrogen (secondary N) is 2. The summed E-state index contributed by atoms with van der Waals surface area (Å²) in [6, 6.07) is 21.1. The van der Waals surface area contributed by atoms with E-state index in [0.717, 1.165) is 22.3 Å². The summed E-state index contributed by atoms with van der Waals surface area (Å²) in [5.41, 5.74) is 4.51. The van der Waals surface area contributed by atoms with E-state index in [-0.39, 0.29) is 38.1 Å². The van der Waals surface area contributed by atoms with E-state index in [1.54, 1.807) is 48.5 Å². The molecule has 0 aliphatic rings. The van der Waals surface area contributed by atoms with Crippen LogP contribution in [0.1, 0.15) is 43.0 Å².